The number of rotatable bonds is 9. The van der Waals surface area contributed by atoms with E-state index in [1.165, 1.54) is 11.1 Å². The minimum Gasteiger partial charge on any atom is -0.493 e. The number of ether oxygens (including phenoxy) is 2. The van der Waals surface area contributed by atoms with E-state index in [-0.39, 0.29) is 12.0 Å². The maximum absolute atomic E-state index is 13.3. The standard InChI is InChI=1S/C32H29ClN2O3/c1-37-31-18-24(10-12-30(31)38-28-19-26-7-2-3-8-27(26)20-28)22-35(21-23-14-16-34-17-15-23)32(36)13-11-25-6-4-5-9-29(25)33/h2-18,28H,19-22H2,1H3. The van der Waals surface area contributed by atoms with Gasteiger partial charge in [0.25, 0.3) is 0 Å². The fourth-order valence-corrected chi connectivity index (χ4v) is 4.91. The summed E-state index contributed by atoms with van der Waals surface area (Å²) in [5.41, 5.74) is 5.40. The van der Waals surface area contributed by atoms with Gasteiger partial charge >= 0.3 is 0 Å². The molecule has 0 bridgehead atoms. The first-order valence-corrected chi connectivity index (χ1v) is 13.0. The van der Waals surface area contributed by atoms with Crippen LogP contribution in [0.4, 0.5) is 0 Å². The van der Waals surface area contributed by atoms with Crippen LogP contribution in [-0.2, 0) is 30.7 Å². The van der Waals surface area contributed by atoms with Crippen molar-refractivity contribution in [2.24, 2.45) is 0 Å². The third-order valence-electron chi connectivity index (χ3n) is 6.65. The number of amides is 1. The van der Waals surface area contributed by atoms with Gasteiger partial charge in [0.05, 0.1) is 7.11 Å². The SMILES string of the molecule is COc1cc(CN(Cc2ccncc2)C(=O)C=Cc2ccccc2Cl)ccc1OC1Cc2ccccc2C1. The maximum Gasteiger partial charge on any atom is 0.247 e. The van der Waals surface area contributed by atoms with Crippen molar-refractivity contribution in [3.63, 3.8) is 0 Å². The Morgan fingerprint density at radius 3 is 2.32 bits per heavy atom. The molecule has 1 aliphatic carbocycles. The second kappa shape index (κ2) is 12.0. The Morgan fingerprint density at radius 2 is 1.61 bits per heavy atom. The number of benzene rings is 3. The van der Waals surface area contributed by atoms with E-state index >= 15 is 0 Å². The lowest BCUT2D eigenvalue weighted by Gasteiger charge is -2.23. The summed E-state index contributed by atoms with van der Waals surface area (Å²) in [7, 11) is 1.64. The van der Waals surface area contributed by atoms with E-state index in [1.54, 1.807) is 42.6 Å². The molecular weight excluding hydrogens is 496 g/mol. The highest BCUT2D eigenvalue weighted by atomic mass is 35.5. The second-order valence-corrected chi connectivity index (χ2v) is 9.71. The van der Waals surface area contributed by atoms with E-state index in [0.717, 1.165) is 29.5 Å². The summed E-state index contributed by atoms with van der Waals surface area (Å²) in [6.45, 7) is 0.842. The summed E-state index contributed by atoms with van der Waals surface area (Å²) in [6, 6.07) is 25.6. The lowest BCUT2D eigenvalue weighted by molar-refractivity contribution is -0.127. The molecule has 0 fully saturated rings. The summed E-state index contributed by atoms with van der Waals surface area (Å²) in [5, 5.41) is 0.600. The summed E-state index contributed by atoms with van der Waals surface area (Å²) in [6.07, 6.45) is 8.62. The molecule has 0 saturated heterocycles. The van der Waals surface area contributed by atoms with Gasteiger partial charge in [0, 0.05) is 49.4 Å². The lowest BCUT2D eigenvalue weighted by Crippen LogP contribution is -2.28. The topological polar surface area (TPSA) is 51.7 Å². The Bertz CT molecular complexity index is 1410. The number of carbonyl (C=O) groups excluding carboxylic acids is 1. The molecule has 1 aromatic heterocycles. The summed E-state index contributed by atoms with van der Waals surface area (Å²) >= 11 is 6.27. The van der Waals surface area contributed by atoms with E-state index in [1.807, 2.05) is 48.5 Å². The number of pyridine rings is 1. The minimum atomic E-state index is -0.121. The van der Waals surface area contributed by atoms with E-state index in [9.17, 15) is 4.79 Å². The lowest BCUT2D eigenvalue weighted by atomic mass is 10.1. The fourth-order valence-electron chi connectivity index (χ4n) is 4.71. The molecule has 1 heterocycles. The predicted molar refractivity (Wildman–Crippen MR) is 150 cm³/mol. The van der Waals surface area contributed by atoms with Crippen LogP contribution in [0.2, 0.25) is 5.02 Å². The monoisotopic (exact) mass is 524 g/mol. The van der Waals surface area contributed by atoms with E-state index in [0.29, 0.717) is 29.6 Å². The minimum absolute atomic E-state index is 0.0758. The Labute approximate surface area is 228 Å². The average molecular weight is 525 g/mol. The molecule has 0 atom stereocenters. The molecule has 0 saturated carbocycles. The summed E-state index contributed by atoms with van der Waals surface area (Å²) in [4.78, 5) is 19.2. The van der Waals surface area contributed by atoms with E-state index in [4.69, 9.17) is 21.1 Å². The number of carbonyl (C=O) groups is 1. The molecule has 0 unspecified atom stereocenters. The molecule has 1 amide bonds. The average Bonchev–Trinajstić information content (AvgIpc) is 3.36. The Balaban J connectivity index is 1.33. The van der Waals surface area contributed by atoms with Gasteiger partial charge in [0.15, 0.2) is 11.5 Å². The number of nitrogens with zero attached hydrogens (tertiary/aromatic N) is 2. The van der Waals surface area contributed by atoms with Crippen LogP contribution < -0.4 is 9.47 Å². The zero-order valence-corrected chi connectivity index (χ0v) is 22.0. The highest BCUT2D eigenvalue weighted by molar-refractivity contribution is 6.32. The smallest absolute Gasteiger partial charge is 0.247 e. The van der Waals surface area contributed by atoms with Crippen molar-refractivity contribution in [2.75, 3.05) is 7.11 Å². The van der Waals surface area contributed by atoms with Crippen LogP contribution in [0.5, 0.6) is 11.5 Å². The van der Waals surface area contributed by atoms with Gasteiger partial charge in [-0.2, -0.15) is 0 Å². The van der Waals surface area contributed by atoms with Crippen molar-refractivity contribution < 1.29 is 14.3 Å². The van der Waals surface area contributed by atoms with Crippen LogP contribution in [0.1, 0.15) is 27.8 Å². The van der Waals surface area contributed by atoms with E-state index < -0.39 is 0 Å². The third kappa shape index (κ3) is 6.24. The van der Waals surface area contributed by atoms with Crippen molar-refractivity contribution in [3.05, 3.63) is 130 Å². The molecule has 0 radical (unpaired) electrons. The largest absolute Gasteiger partial charge is 0.493 e. The number of methoxy groups -OCH3 is 1. The van der Waals surface area contributed by atoms with Gasteiger partial charge in [-0.3, -0.25) is 9.78 Å². The number of halogens is 1. The zero-order valence-electron chi connectivity index (χ0n) is 21.2. The Hall–Kier alpha value is -4.09. The van der Waals surface area contributed by atoms with Gasteiger partial charge in [-0.05, 0) is 64.2 Å². The summed E-state index contributed by atoms with van der Waals surface area (Å²) in [5.74, 6) is 1.24. The van der Waals surface area contributed by atoms with Crippen LogP contribution in [0.25, 0.3) is 6.08 Å². The molecule has 0 spiro atoms. The predicted octanol–water partition coefficient (Wildman–Crippen LogP) is 6.53. The van der Waals surface area contributed by atoms with E-state index in [2.05, 4.69) is 29.2 Å². The van der Waals surface area contributed by atoms with Gasteiger partial charge in [0.1, 0.15) is 6.10 Å². The molecule has 6 heteroatoms. The molecule has 4 aromatic rings. The quantitative estimate of drug-likeness (QED) is 0.233. The maximum atomic E-state index is 13.3. The number of aromatic nitrogens is 1. The highest BCUT2D eigenvalue weighted by Crippen LogP contribution is 2.33. The second-order valence-electron chi connectivity index (χ2n) is 9.31. The zero-order chi connectivity index (χ0) is 26.3. The van der Waals surface area contributed by atoms with Crippen LogP contribution in [0, 0.1) is 0 Å². The van der Waals surface area contributed by atoms with Gasteiger partial charge in [-0.25, -0.2) is 0 Å². The van der Waals surface area contributed by atoms with Crippen molar-refractivity contribution in [1.29, 1.82) is 0 Å². The summed E-state index contributed by atoms with van der Waals surface area (Å²) < 4.78 is 12.0. The first kappa shape index (κ1) is 25.6. The van der Waals surface area contributed by atoms with Gasteiger partial charge in [-0.1, -0.05) is 60.1 Å². The normalized spacial score (nSPS) is 12.9. The highest BCUT2D eigenvalue weighted by Gasteiger charge is 2.24. The Morgan fingerprint density at radius 1 is 0.921 bits per heavy atom. The van der Waals surface area contributed by atoms with Crippen molar-refractivity contribution >= 4 is 23.6 Å². The number of hydrogen-bond acceptors (Lipinski definition) is 4. The fraction of sp³-hybridized carbons (Fsp3) is 0.188. The molecule has 5 rings (SSSR count). The molecule has 0 N–H and O–H groups in total. The molecule has 0 aliphatic heterocycles. The number of hydrogen-bond donors (Lipinski definition) is 0. The van der Waals surface area contributed by atoms with Crippen LogP contribution in [0.3, 0.4) is 0 Å². The van der Waals surface area contributed by atoms with Crippen molar-refractivity contribution in [1.82, 2.24) is 9.88 Å². The van der Waals surface area contributed by atoms with Crippen LogP contribution in [-0.4, -0.2) is 29.0 Å². The third-order valence-corrected chi connectivity index (χ3v) is 7.00. The molecule has 1 aliphatic rings. The van der Waals surface area contributed by atoms with Gasteiger partial charge in [-0.15, -0.1) is 0 Å². The molecule has 192 valence electrons. The van der Waals surface area contributed by atoms with Gasteiger partial charge < -0.3 is 14.4 Å². The first-order valence-electron chi connectivity index (χ1n) is 12.6. The van der Waals surface area contributed by atoms with Crippen LogP contribution in [0.15, 0.2) is 97.3 Å². The molecule has 5 nitrogen and oxygen atoms in total. The number of fused-ring (bicyclic) bond motifs is 1. The van der Waals surface area contributed by atoms with Crippen LogP contribution >= 0.6 is 11.6 Å². The van der Waals surface area contributed by atoms with Crippen molar-refractivity contribution in [3.8, 4) is 11.5 Å². The first-order chi connectivity index (χ1) is 18.6. The molecule has 3 aromatic carbocycles. The molecule has 38 heavy (non-hydrogen) atoms. The van der Waals surface area contributed by atoms with Crippen molar-refractivity contribution in [2.45, 2.75) is 32.0 Å². The van der Waals surface area contributed by atoms with Gasteiger partial charge in [0.2, 0.25) is 5.91 Å². The molecular formula is C32H29ClN2O3. The Kier molecular flexibility index (Phi) is 8.05.